The number of nitrogens with one attached hydrogen (secondary N) is 2. The van der Waals surface area contributed by atoms with Gasteiger partial charge in [-0.1, -0.05) is 12.1 Å². The average molecular weight is 298 g/mol. The molecule has 0 saturated heterocycles. The highest BCUT2D eigenvalue weighted by Gasteiger charge is 2.10. The first kappa shape index (κ1) is 16.2. The normalized spacial score (nSPS) is 11.5. The summed E-state index contributed by atoms with van der Waals surface area (Å²) < 4.78 is 5.11. The van der Waals surface area contributed by atoms with Gasteiger partial charge in [-0.3, -0.25) is 0 Å². The van der Waals surface area contributed by atoms with Crippen LogP contribution in [0, 0.1) is 0 Å². The van der Waals surface area contributed by atoms with Crippen LogP contribution >= 0.6 is 11.8 Å². The van der Waals surface area contributed by atoms with Crippen molar-refractivity contribution in [2.75, 3.05) is 23.9 Å². The minimum Gasteiger partial charge on any atom is -0.480 e. The molecule has 7 heteroatoms. The molecule has 0 fully saturated rings. The van der Waals surface area contributed by atoms with Crippen LogP contribution in [0.3, 0.4) is 0 Å². The SMILES string of the molecule is CSCC(C)NC(=O)Nc1ccccc1OCC(=O)O. The minimum atomic E-state index is -1.07. The quantitative estimate of drug-likeness (QED) is 0.717. The lowest BCUT2D eigenvalue weighted by Crippen LogP contribution is -2.37. The third-order valence-electron chi connectivity index (χ3n) is 2.28. The Morgan fingerprint density at radius 1 is 1.40 bits per heavy atom. The van der Waals surface area contributed by atoms with Crippen LogP contribution in [-0.2, 0) is 4.79 Å². The van der Waals surface area contributed by atoms with E-state index < -0.39 is 12.6 Å². The van der Waals surface area contributed by atoms with E-state index in [-0.39, 0.29) is 12.1 Å². The average Bonchev–Trinajstić information content (AvgIpc) is 2.37. The van der Waals surface area contributed by atoms with Crippen LogP contribution < -0.4 is 15.4 Å². The van der Waals surface area contributed by atoms with Crippen molar-refractivity contribution < 1.29 is 19.4 Å². The number of hydrogen-bond donors (Lipinski definition) is 3. The molecule has 0 aliphatic carbocycles. The number of hydrogen-bond acceptors (Lipinski definition) is 4. The number of amides is 2. The summed E-state index contributed by atoms with van der Waals surface area (Å²) in [7, 11) is 0. The molecule has 0 bridgehead atoms. The standard InChI is InChI=1S/C13H18N2O4S/c1-9(8-20-2)14-13(18)15-10-5-3-4-6-11(10)19-7-12(16)17/h3-6,9H,7-8H2,1-2H3,(H,16,17)(H2,14,15,18). The van der Waals surface area contributed by atoms with Crippen LogP contribution in [0.2, 0.25) is 0 Å². The van der Waals surface area contributed by atoms with Gasteiger partial charge in [0.1, 0.15) is 5.75 Å². The lowest BCUT2D eigenvalue weighted by Gasteiger charge is -2.15. The molecule has 110 valence electrons. The Balaban J connectivity index is 2.62. The molecule has 1 atom stereocenters. The molecule has 0 aromatic heterocycles. The van der Waals surface area contributed by atoms with Crippen molar-refractivity contribution >= 4 is 29.4 Å². The lowest BCUT2D eigenvalue weighted by atomic mass is 10.3. The van der Waals surface area contributed by atoms with Crippen LogP contribution in [0.1, 0.15) is 6.92 Å². The number of urea groups is 1. The van der Waals surface area contributed by atoms with Gasteiger partial charge in [-0.05, 0) is 25.3 Å². The zero-order valence-electron chi connectivity index (χ0n) is 11.4. The van der Waals surface area contributed by atoms with E-state index in [1.54, 1.807) is 36.0 Å². The molecule has 0 saturated carbocycles. The van der Waals surface area contributed by atoms with Crippen LogP contribution in [0.15, 0.2) is 24.3 Å². The van der Waals surface area contributed by atoms with Crippen molar-refractivity contribution in [1.82, 2.24) is 5.32 Å². The third-order valence-corrected chi connectivity index (χ3v) is 3.11. The first-order valence-corrected chi connectivity index (χ1v) is 7.42. The number of carbonyl (C=O) groups is 2. The number of rotatable bonds is 7. The summed E-state index contributed by atoms with van der Waals surface area (Å²) in [6.45, 7) is 1.45. The second-order valence-corrected chi connectivity index (χ2v) is 5.04. The number of thioether (sulfide) groups is 1. The Kier molecular flexibility index (Phi) is 6.72. The van der Waals surface area contributed by atoms with Gasteiger partial charge in [0.25, 0.3) is 0 Å². The Morgan fingerprint density at radius 2 is 2.10 bits per heavy atom. The first-order chi connectivity index (χ1) is 9.52. The van der Waals surface area contributed by atoms with E-state index in [0.29, 0.717) is 11.4 Å². The van der Waals surface area contributed by atoms with Crippen molar-refractivity contribution in [2.24, 2.45) is 0 Å². The van der Waals surface area contributed by atoms with Gasteiger partial charge in [0, 0.05) is 11.8 Å². The number of carbonyl (C=O) groups excluding carboxylic acids is 1. The molecule has 20 heavy (non-hydrogen) atoms. The van der Waals surface area contributed by atoms with Crippen molar-refractivity contribution in [2.45, 2.75) is 13.0 Å². The van der Waals surface area contributed by atoms with Gasteiger partial charge in [0.15, 0.2) is 6.61 Å². The number of para-hydroxylation sites is 2. The van der Waals surface area contributed by atoms with Crippen LogP contribution in [0.4, 0.5) is 10.5 Å². The van der Waals surface area contributed by atoms with Gasteiger partial charge >= 0.3 is 12.0 Å². The summed E-state index contributed by atoms with van der Waals surface area (Å²) >= 11 is 1.64. The van der Waals surface area contributed by atoms with Gasteiger partial charge in [-0.2, -0.15) is 11.8 Å². The van der Waals surface area contributed by atoms with Gasteiger partial charge in [-0.15, -0.1) is 0 Å². The smallest absolute Gasteiger partial charge is 0.341 e. The van der Waals surface area contributed by atoms with Crippen molar-refractivity contribution in [3.8, 4) is 5.75 Å². The van der Waals surface area contributed by atoms with Crippen molar-refractivity contribution in [3.05, 3.63) is 24.3 Å². The van der Waals surface area contributed by atoms with Crippen molar-refractivity contribution in [1.29, 1.82) is 0 Å². The highest BCUT2D eigenvalue weighted by Crippen LogP contribution is 2.23. The zero-order valence-corrected chi connectivity index (χ0v) is 12.2. The second kappa shape index (κ2) is 8.31. The van der Waals surface area contributed by atoms with E-state index in [9.17, 15) is 9.59 Å². The van der Waals surface area contributed by atoms with Crippen LogP contribution in [-0.4, -0.2) is 41.8 Å². The Labute approximate surface area is 121 Å². The summed E-state index contributed by atoms with van der Waals surface area (Å²) in [5.41, 5.74) is 0.433. The predicted molar refractivity (Wildman–Crippen MR) is 79.6 cm³/mol. The van der Waals surface area contributed by atoms with Crippen LogP contribution in [0.5, 0.6) is 5.75 Å². The number of ether oxygens (including phenoxy) is 1. The summed E-state index contributed by atoms with van der Waals surface area (Å²) in [5, 5.41) is 14.0. The second-order valence-electron chi connectivity index (χ2n) is 4.13. The van der Waals surface area contributed by atoms with E-state index >= 15 is 0 Å². The van der Waals surface area contributed by atoms with Crippen LogP contribution in [0.25, 0.3) is 0 Å². The largest absolute Gasteiger partial charge is 0.480 e. The number of carboxylic acids is 1. The molecule has 0 aliphatic rings. The molecule has 1 aromatic carbocycles. The molecule has 3 N–H and O–H groups in total. The molecule has 0 radical (unpaired) electrons. The van der Waals surface area contributed by atoms with Gasteiger partial charge in [0.05, 0.1) is 5.69 Å². The van der Waals surface area contributed by atoms with E-state index in [1.165, 1.54) is 0 Å². The van der Waals surface area contributed by atoms with E-state index in [0.717, 1.165) is 5.75 Å². The van der Waals surface area contributed by atoms with E-state index in [4.69, 9.17) is 9.84 Å². The molecule has 1 aromatic rings. The molecule has 0 heterocycles. The monoisotopic (exact) mass is 298 g/mol. The molecular weight excluding hydrogens is 280 g/mol. The number of anilines is 1. The molecule has 1 unspecified atom stereocenters. The molecule has 1 rings (SSSR count). The fraction of sp³-hybridized carbons (Fsp3) is 0.385. The molecular formula is C13H18N2O4S. The maximum Gasteiger partial charge on any atom is 0.341 e. The molecule has 0 aliphatic heterocycles. The Hall–Kier alpha value is -1.89. The number of aliphatic carboxylic acids is 1. The Bertz CT molecular complexity index is 467. The van der Waals surface area contributed by atoms with Gasteiger partial charge < -0.3 is 20.5 Å². The minimum absolute atomic E-state index is 0.0390. The van der Waals surface area contributed by atoms with Crippen molar-refractivity contribution in [3.63, 3.8) is 0 Å². The fourth-order valence-electron chi connectivity index (χ4n) is 1.51. The molecule has 6 nitrogen and oxygen atoms in total. The predicted octanol–water partition coefficient (Wildman–Crippen LogP) is 2.02. The highest BCUT2D eigenvalue weighted by atomic mass is 32.2. The first-order valence-electron chi connectivity index (χ1n) is 6.03. The summed E-state index contributed by atoms with van der Waals surface area (Å²) in [5.74, 6) is 0.0605. The highest BCUT2D eigenvalue weighted by molar-refractivity contribution is 7.98. The molecule has 2 amide bonds. The molecule has 0 spiro atoms. The number of benzene rings is 1. The lowest BCUT2D eigenvalue weighted by molar-refractivity contribution is -0.139. The topological polar surface area (TPSA) is 87.7 Å². The van der Waals surface area contributed by atoms with E-state index in [2.05, 4.69) is 10.6 Å². The summed E-state index contributed by atoms with van der Waals surface area (Å²) in [6.07, 6.45) is 1.96. The summed E-state index contributed by atoms with van der Waals surface area (Å²) in [4.78, 5) is 22.3. The Morgan fingerprint density at radius 3 is 2.75 bits per heavy atom. The fourth-order valence-corrected chi connectivity index (χ4v) is 2.09. The maximum absolute atomic E-state index is 11.8. The number of carboxylic acid groups (broad SMARTS) is 1. The van der Waals surface area contributed by atoms with Gasteiger partial charge in [0.2, 0.25) is 0 Å². The van der Waals surface area contributed by atoms with Gasteiger partial charge in [-0.25, -0.2) is 9.59 Å². The maximum atomic E-state index is 11.8. The van der Waals surface area contributed by atoms with E-state index in [1.807, 2.05) is 13.2 Å². The summed E-state index contributed by atoms with van der Waals surface area (Å²) in [6, 6.07) is 6.38. The zero-order chi connectivity index (χ0) is 15.0. The third kappa shape index (κ3) is 5.83.